The molecule has 2 aromatic rings. The Hall–Kier alpha value is -1.66. The molecule has 0 aliphatic heterocycles. The van der Waals surface area contributed by atoms with Crippen LogP contribution in [0.5, 0.6) is 0 Å². The zero-order valence-corrected chi connectivity index (χ0v) is 11.7. The van der Waals surface area contributed by atoms with E-state index in [1.807, 2.05) is 0 Å². The standard InChI is InChI=1S/C12H7BrClFN2O2/c13-7-1-2-11(14)12(3-7)16-9-4-8(15)5-10(6-9)17(18)19/h1-6,16H. The highest BCUT2D eigenvalue weighted by Crippen LogP contribution is 2.30. The minimum Gasteiger partial charge on any atom is -0.354 e. The molecule has 0 aliphatic rings. The fourth-order valence-electron chi connectivity index (χ4n) is 1.50. The van der Waals surface area contributed by atoms with E-state index < -0.39 is 10.7 Å². The fourth-order valence-corrected chi connectivity index (χ4v) is 2.03. The highest BCUT2D eigenvalue weighted by Gasteiger charge is 2.11. The number of nitrogens with one attached hydrogen (secondary N) is 1. The average Bonchev–Trinajstić information content (AvgIpc) is 2.33. The van der Waals surface area contributed by atoms with Gasteiger partial charge in [0.2, 0.25) is 0 Å². The van der Waals surface area contributed by atoms with E-state index in [0.717, 1.165) is 16.6 Å². The molecule has 0 saturated heterocycles. The van der Waals surface area contributed by atoms with Gasteiger partial charge in [-0.3, -0.25) is 10.1 Å². The molecule has 4 nitrogen and oxygen atoms in total. The van der Waals surface area contributed by atoms with Gasteiger partial charge < -0.3 is 5.32 Å². The molecular weight excluding hydrogens is 338 g/mol. The number of hydrogen-bond donors (Lipinski definition) is 1. The predicted molar refractivity (Wildman–Crippen MR) is 75.5 cm³/mol. The van der Waals surface area contributed by atoms with Gasteiger partial charge in [0.15, 0.2) is 0 Å². The highest BCUT2D eigenvalue weighted by molar-refractivity contribution is 9.10. The van der Waals surface area contributed by atoms with Crippen molar-refractivity contribution in [1.29, 1.82) is 0 Å². The average molecular weight is 346 g/mol. The van der Waals surface area contributed by atoms with Crippen LogP contribution in [0, 0.1) is 15.9 Å². The van der Waals surface area contributed by atoms with E-state index in [0.29, 0.717) is 10.7 Å². The van der Waals surface area contributed by atoms with Crippen LogP contribution in [0.1, 0.15) is 0 Å². The zero-order chi connectivity index (χ0) is 14.0. The van der Waals surface area contributed by atoms with Gasteiger partial charge in [-0.2, -0.15) is 0 Å². The number of rotatable bonds is 3. The Kier molecular flexibility index (Phi) is 4.01. The monoisotopic (exact) mass is 344 g/mol. The highest BCUT2D eigenvalue weighted by atomic mass is 79.9. The maximum Gasteiger partial charge on any atom is 0.274 e. The Morgan fingerprint density at radius 1 is 1.26 bits per heavy atom. The molecule has 0 aromatic heterocycles. The van der Waals surface area contributed by atoms with E-state index in [9.17, 15) is 14.5 Å². The number of benzene rings is 2. The molecule has 2 rings (SSSR count). The van der Waals surface area contributed by atoms with Crippen molar-refractivity contribution < 1.29 is 9.31 Å². The molecule has 98 valence electrons. The van der Waals surface area contributed by atoms with Gasteiger partial charge in [-0.15, -0.1) is 0 Å². The van der Waals surface area contributed by atoms with Crippen LogP contribution in [0.3, 0.4) is 0 Å². The quantitative estimate of drug-likeness (QED) is 0.636. The van der Waals surface area contributed by atoms with Crippen molar-refractivity contribution in [2.24, 2.45) is 0 Å². The molecular formula is C12H7BrClFN2O2. The Morgan fingerprint density at radius 2 is 2.00 bits per heavy atom. The molecule has 0 saturated carbocycles. The lowest BCUT2D eigenvalue weighted by atomic mass is 10.2. The minimum atomic E-state index is -0.692. The number of halogens is 3. The topological polar surface area (TPSA) is 55.2 Å². The molecule has 19 heavy (non-hydrogen) atoms. The summed E-state index contributed by atoms with van der Waals surface area (Å²) in [5.74, 6) is -0.692. The first-order valence-electron chi connectivity index (χ1n) is 5.13. The lowest BCUT2D eigenvalue weighted by molar-refractivity contribution is -0.385. The largest absolute Gasteiger partial charge is 0.354 e. The Morgan fingerprint density at radius 3 is 2.68 bits per heavy atom. The van der Waals surface area contributed by atoms with Crippen molar-refractivity contribution in [2.75, 3.05) is 5.32 Å². The number of nitrogens with zero attached hydrogens (tertiary/aromatic N) is 1. The fraction of sp³-hybridized carbons (Fsp3) is 0. The Balaban J connectivity index is 2.38. The minimum absolute atomic E-state index is 0.256. The predicted octanol–water partition coefficient (Wildman–Crippen LogP) is 4.89. The van der Waals surface area contributed by atoms with Gasteiger partial charge in [-0.05, 0) is 24.3 Å². The van der Waals surface area contributed by atoms with Crippen LogP contribution >= 0.6 is 27.5 Å². The smallest absolute Gasteiger partial charge is 0.274 e. The summed E-state index contributed by atoms with van der Waals surface area (Å²) in [4.78, 5) is 10.0. The Bertz CT molecular complexity index is 652. The third kappa shape index (κ3) is 3.42. The van der Waals surface area contributed by atoms with Gasteiger partial charge in [-0.1, -0.05) is 27.5 Å². The molecule has 0 unspecified atom stereocenters. The van der Waals surface area contributed by atoms with Crippen LogP contribution in [0.25, 0.3) is 0 Å². The van der Waals surface area contributed by atoms with Crippen molar-refractivity contribution >= 4 is 44.6 Å². The van der Waals surface area contributed by atoms with E-state index in [-0.39, 0.29) is 11.4 Å². The van der Waals surface area contributed by atoms with Crippen LogP contribution in [-0.2, 0) is 0 Å². The first kappa shape index (κ1) is 13.8. The van der Waals surface area contributed by atoms with Crippen molar-refractivity contribution in [3.8, 4) is 0 Å². The van der Waals surface area contributed by atoms with Gasteiger partial charge in [0, 0.05) is 16.2 Å². The van der Waals surface area contributed by atoms with E-state index in [1.165, 1.54) is 6.07 Å². The summed E-state index contributed by atoms with van der Waals surface area (Å²) in [5, 5.41) is 13.9. The first-order valence-corrected chi connectivity index (χ1v) is 6.30. The number of nitro groups is 1. The number of nitro benzene ring substituents is 1. The molecule has 0 aliphatic carbocycles. The normalized spacial score (nSPS) is 10.3. The molecule has 7 heteroatoms. The second kappa shape index (κ2) is 5.54. The van der Waals surface area contributed by atoms with Crippen molar-refractivity contribution in [3.05, 3.63) is 61.8 Å². The molecule has 2 aromatic carbocycles. The van der Waals surface area contributed by atoms with Crippen LogP contribution in [-0.4, -0.2) is 4.92 Å². The van der Waals surface area contributed by atoms with Crippen LogP contribution < -0.4 is 5.32 Å². The lowest BCUT2D eigenvalue weighted by Crippen LogP contribution is -1.95. The van der Waals surface area contributed by atoms with Gasteiger partial charge in [0.1, 0.15) is 5.82 Å². The van der Waals surface area contributed by atoms with E-state index in [1.54, 1.807) is 18.2 Å². The summed E-state index contributed by atoms with van der Waals surface area (Å²) in [6.07, 6.45) is 0. The summed E-state index contributed by atoms with van der Waals surface area (Å²) in [6, 6.07) is 8.35. The second-order valence-corrected chi connectivity index (χ2v) is 5.03. The summed E-state index contributed by atoms with van der Waals surface area (Å²) >= 11 is 9.26. The van der Waals surface area contributed by atoms with E-state index in [4.69, 9.17) is 11.6 Å². The summed E-state index contributed by atoms with van der Waals surface area (Å²) in [5.41, 5.74) is 0.455. The Labute approximate surface area is 121 Å². The van der Waals surface area contributed by atoms with Gasteiger partial charge in [-0.25, -0.2) is 4.39 Å². The van der Waals surface area contributed by atoms with Crippen LogP contribution in [0.4, 0.5) is 21.5 Å². The summed E-state index contributed by atoms with van der Waals surface area (Å²) in [6.45, 7) is 0. The number of hydrogen-bond acceptors (Lipinski definition) is 3. The van der Waals surface area contributed by atoms with Crippen LogP contribution in [0.2, 0.25) is 5.02 Å². The summed E-state index contributed by atoms with van der Waals surface area (Å²) < 4.78 is 14.1. The van der Waals surface area contributed by atoms with Crippen LogP contribution in [0.15, 0.2) is 40.9 Å². The third-order valence-corrected chi connectivity index (χ3v) is 3.12. The zero-order valence-electron chi connectivity index (χ0n) is 9.36. The number of non-ortho nitro benzene ring substituents is 1. The molecule has 1 N–H and O–H groups in total. The molecule has 0 atom stereocenters. The molecule has 0 spiro atoms. The lowest BCUT2D eigenvalue weighted by Gasteiger charge is -2.09. The van der Waals surface area contributed by atoms with Crippen molar-refractivity contribution in [2.45, 2.75) is 0 Å². The number of anilines is 2. The molecule has 0 heterocycles. The molecule has 0 fully saturated rings. The van der Waals surface area contributed by atoms with Gasteiger partial charge in [0.05, 0.1) is 21.7 Å². The second-order valence-electron chi connectivity index (χ2n) is 3.70. The molecule has 0 bridgehead atoms. The SMILES string of the molecule is O=[N+]([O-])c1cc(F)cc(Nc2cc(Br)ccc2Cl)c1. The van der Waals surface area contributed by atoms with Crippen molar-refractivity contribution in [1.82, 2.24) is 0 Å². The maximum atomic E-state index is 13.3. The van der Waals surface area contributed by atoms with E-state index >= 15 is 0 Å². The van der Waals surface area contributed by atoms with Crippen molar-refractivity contribution in [3.63, 3.8) is 0 Å². The maximum absolute atomic E-state index is 13.3. The van der Waals surface area contributed by atoms with E-state index in [2.05, 4.69) is 21.2 Å². The summed E-state index contributed by atoms with van der Waals surface area (Å²) in [7, 11) is 0. The third-order valence-electron chi connectivity index (χ3n) is 2.30. The van der Waals surface area contributed by atoms with Gasteiger partial charge in [0.25, 0.3) is 5.69 Å². The van der Waals surface area contributed by atoms with Gasteiger partial charge >= 0.3 is 0 Å². The molecule has 0 radical (unpaired) electrons. The molecule has 0 amide bonds. The first-order chi connectivity index (χ1) is 8.95.